The molecule has 4 saturated heterocycles. The number of anilines is 2. The van der Waals surface area contributed by atoms with Gasteiger partial charge in [0, 0.05) is 85.1 Å². The number of amides is 6. The van der Waals surface area contributed by atoms with Crippen LogP contribution in [-0.2, 0) is 25.6 Å². The molecule has 6 fully saturated rings. The zero-order chi connectivity index (χ0) is 43.1. The molecule has 1 aromatic heterocycles. The van der Waals surface area contributed by atoms with E-state index in [1.807, 2.05) is 12.3 Å². The first-order valence-electron chi connectivity index (χ1n) is 23.4. The van der Waals surface area contributed by atoms with E-state index in [4.69, 9.17) is 9.84 Å². The highest BCUT2D eigenvalue weighted by molar-refractivity contribution is 6.23. The van der Waals surface area contributed by atoms with Crippen molar-refractivity contribution in [2.24, 2.45) is 11.8 Å². The Morgan fingerprint density at radius 2 is 1.48 bits per heavy atom. The number of nitrogens with zero attached hydrogens (tertiary/aromatic N) is 7. The summed E-state index contributed by atoms with van der Waals surface area (Å²) >= 11 is 0. The summed E-state index contributed by atoms with van der Waals surface area (Å²) in [7, 11) is 0. The monoisotopic (exact) mass is 856 g/mol. The fourth-order valence-electron chi connectivity index (χ4n) is 11.0. The van der Waals surface area contributed by atoms with Gasteiger partial charge in [-0.2, -0.15) is 5.10 Å². The van der Waals surface area contributed by atoms with Crippen LogP contribution in [0, 0.1) is 11.8 Å². The molecule has 2 saturated carbocycles. The Labute approximate surface area is 367 Å². The first-order chi connectivity index (χ1) is 30.6. The Balaban J connectivity index is 0.674. The predicted octanol–water partition coefficient (Wildman–Crippen LogP) is 4.72. The summed E-state index contributed by atoms with van der Waals surface area (Å²) < 4.78 is 8.85. The van der Waals surface area contributed by atoms with Crippen LogP contribution in [0.15, 0.2) is 42.7 Å². The summed E-state index contributed by atoms with van der Waals surface area (Å²) in [5.74, 6) is -0.365. The van der Waals surface area contributed by atoms with E-state index in [-0.39, 0.29) is 60.2 Å². The molecule has 2 atom stereocenters. The molecule has 7 heterocycles. The minimum atomic E-state index is -0.981. The number of hydrogen-bond donors (Lipinski definition) is 1. The number of benzene rings is 2. The molecule has 2 aliphatic carbocycles. The second kappa shape index (κ2) is 15.9. The van der Waals surface area contributed by atoms with Gasteiger partial charge in [-0.05, 0) is 127 Å². The van der Waals surface area contributed by atoms with Crippen molar-refractivity contribution in [2.45, 2.75) is 121 Å². The molecule has 330 valence electrons. The van der Waals surface area contributed by atoms with Crippen LogP contribution in [0.1, 0.15) is 116 Å². The zero-order valence-corrected chi connectivity index (χ0v) is 36.0. The van der Waals surface area contributed by atoms with Gasteiger partial charge in [0.15, 0.2) is 0 Å². The molecule has 3 aromatic rings. The summed E-state index contributed by atoms with van der Waals surface area (Å²) in [5, 5.41) is 7.11. The highest BCUT2D eigenvalue weighted by Crippen LogP contribution is 2.46. The summed E-state index contributed by atoms with van der Waals surface area (Å²) in [6, 6.07) is 9.30. The number of carbonyl (C=O) groups is 6. The highest BCUT2D eigenvalue weighted by atomic mass is 16.5. The van der Waals surface area contributed by atoms with Crippen molar-refractivity contribution in [3.05, 3.63) is 59.4 Å². The maximum atomic E-state index is 13.8. The predicted molar refractivity (Wildman–Crippen MR) is 232 cm³/mol. The van der Waals surface area contributed by atoms with Gasteiger partial charge in [0.05, 0.1) is 35.2 Å². The molecular formula is C48H56N8O7. The Morgan fingerprint density at radius 1 is 0.746 bits per heavy atom. The minimum Gasteiger partial charge on any atom is -0.489 e. The number of imide groups is 2. The average molecular weight is 857 g/mol. The van der Waals surface area contributed by atoms with E-state index in [0.717, 1.165) is 129 Å². The molecule has 8 aliphatic rings. The van der Waals surface area contributed by atoms with Gasteiger partial charge in [-0.25, -0.2) is 0 Å². The molecule has 1 N–H and O–H groups in total. The van der Waals surface area contributed by atoms with E-state index in [1.165, 1.54) is 6.42 Å². The van der Waals surface area contributed by atoms with E-state index in [0.29, 0.717) is 24.7 Å². The first kappa shape index (κ1) is 40.2. The van der Waals surface area contributed by atoms with Gasteiger partial charge in [-0.1, -0.05) is 0 Å². The lowest BCUT2D eigenvalue weighted by molar-refractivity contribution is -0.139. The van der Waals surface area contributed by atoms with Crippen LogP contribution in [0.4, 0.5) is 11.4 Å². The maximum Gasteiger partial charge on any atom is 0.262 e. The topological polar surface area (TPSA) is 158 Å². The van der Waals surface area contributed by atoms with Crippen LogP contribution in [0.2, 0.25) is 0 Å². The van der Waals surface area contributed by atoms with E-state index < -0.39 is 29.7 Å². The van der Waals surface area contributed by atoms with Gasteiger partial charge in [0.1, 0.15) is 11.8 Å². The minimum absolute atomic E-state index is 0.0226. The molecule has 15 nitrogen and oxygen atoms in total. The fraction of sp³-hybridized carbons (Fsp3) is 0.562. The highest BCUT2D eigenvalue weighted by Gasteiger charge is 2.46. The van der Waals surface area contributed by atoms with Crippen LogP contribution in [0.5, 0.6) is 5.75 Å². The standard InChI is InChI=1S/C48H56N8O7/c1-28-5-9-38-40(55(28)46(60)29-6-7-29)12-11-36(43(38)63-35-3-2-4-35)31-24-49-54(25-31)32-17-21-52(22-18-32)45(59)30-15-19-51(20-16-30)34-26-53(27-34)33-8-10-37-39(23-33)48(62)56(47(37)61)41-13-14-42(57)50-44(41)58/h8,10-12,23-25,28-30,32,34-35,41H,2-7,9,13-22,26-27H2,1H3,(H,50,57,58)/t28-,41?/m0/s1. The van der Waals surface area contributed by atoms with E-state index >= 15 is 0 Å². The van der Waals surface area contributed by atoms with Crippen LogP contribution in [0.25, 0.3) is 11.1 Å². The Bertz CT molecular complexity index is 2380. The second-order valence-electron chi connectivity index (χ2n) is 19.3. The third-order valence-corrected chi connectivity index (χ3v) is 15.4. The number of fused-ring (bicyclic) bond motifs is 2. The van der Waals surface area contributed by atoms with E-state index in [1.54, 1.807) is 12.1 Å². The lowest BCUT2D eigenvalue weighted by atomic mass is 9.91. The van der Waals surface area contributed by atoms with Gasteiger partial charge >= 0.3 is 0 Å². The molecule has 0 spiro atoms. The second-order valence-corrected chi connectivity index (χ2v) is 19.3. The van der Waals surface area contributed by atoms with E-state index in [2.05, 4.69) is 54.9 Å². The van der Waals surface area contributed by atoms with Crippen LogP contribution in [-0.4, -0.2) is 123 Å². The van der Waals surface area contributed by atoms with Crippen LogP contribution >= 0.6 is 0 Å². The molecule has 6 amide bonds. The molecule has 63 heavy (non-hydrogen) atoms. The summed E-state index contributed by atoms with van der Waals surface area (Å²) in [4.78, 5) is 87.7. The molecular weight excluding hydrogens is 801 g/mol. The van der Waals surface area contributed by atoms with Crippen molar-refractivity contribution in [3.63, 3.8) is 0 Å². The smallest absolute Gasteiger partial charge is 0.262 e. The Morgan fingerprint density at radius 3 is 2.19 bits per heavy atom. The molecule has 15 heteroatoms. The summed E-state index contributed by atoms with van der Waals surface area (Å²) in [5.41, 5.74) is 5.69. The normalized spacial score (nSPS) is 25.2. The number of carbonyl (C=O) groups excluding carboxylic acids is 6. The number of piperidine rings is 3. The number of aromatic nitrogens is 2. The quantitative estimate of drug-likeness (QED) is 0.299. The van der Waals surface area contributed by atoms with Gasteiger partial charge < -0.3 is 19.4 Å². The van der Waals surface area contributed by atoms with Crippen molar-refractivity contribution in [1.82, 2.24) is 29.8 Å². The molecule has 11 rings (SSSR count). The molecule has 1 unspecified atom stereocenters. The van der Waals surface area contributed by atoms with Crippen LogP contribution in [0.3, 0.4) is 0 Å². The van der Waals surface area contributed by atoms with Crippen molar-refractivity contribution in [3.8, 4) is 16.9 Å². The Kier molecular flexibility index (Phi) is 10.1. The number of nitrogens with one attached hydrogen (secondary N) is 1. The van der Waals surface area contributed by atoms with Crippen molar-refractivity contribution >= 4 is 46.8 Å². The number of hydrogen-bond acceptors (Lipinski definition) is 10. The van der Waals surface area contributed by atoms with Gasteiger partial charge in [-0.3, -0.25) is 48.6 Å². The maximum absolute atomic E-state index is 13.8. The molecule has 2 aromatic carbocycles. The zero-order valence-electron chi connectivity index (χ0n) is 36.0. The number of likely N-dealkylation sites (tertiary alicyclic amines) is 2. The van der Waals surface area contributed by atoms with Gasteiger partial charge in [0.25, 0.3) is 11.8 Å². The van der Waals surface area contributed by atoms with Crippen molar-refractivity contribution in [2.75, 3.05) is 49.1 Å². The van der Waals surface area contributed by atoms with Gasteiger partial charge in [0.2, 0.25) is 23.6 Å². The average Bonchev–Trinajstić information content (AvgIpc) is 3.95. The lowest BCUT2D eigenvalue weighted by Crippen LogP contribution is -2.61. The number of ether oxygens (including phenoxy) is 1. The van der Waals surface area contributed by atoms with Gasteiger partial charge in [-0.15, -0.1) is 0 Å². The SMILES string of the molecule is C[C@H]1CCc2c(ccc(-c3cnn(C4CCN(C(=O)C5CCN(C6CN(c7ccc8c(c7)C(=O)N(C7CCC(=O)NC7=O)C8=O)C6)CC5)CC4)c3)c2OC2CCC2)N1C(=O)C1CC1. The fourth-order valence-corrected chi connectivity index (χ4v) is 11.0. The lowest BCUT2D eigenvalue weighted by Gasteiger charge is -2.49. The summed E-state index contributed by atoms with van der Waals surface area (Å²) in [6.07, 6.45) is 15.0. The summed E-state index contributed by atoms with van der Waals surface area (Å²) in [6.45, 7) is 6.91. The Hall–Kier alpha value is -5.57. The van der Waals surface area contributed by atoms with E-state index in [9.17, 15) is 28.8 Å². The number of rotatable bonds is 9. The molecule has 0 radical (unpaired) electrons. The third kappa shape index (κ3) is 7.20. The van der Waals surface area contributed by atoms with Crippen LogP contribution < -0.4 is 19.9 Å². The largest absolute Gasteiger partial charge is 0.489 e. The van der Waals surface area contributed by atoms with Crippen molar-refractivity contribution < 1.29 is 33.5 Å². The molecule has 6 aliphatic heterocycles. The third-order valence-electron chi connectivity index (χ3n) is 15.4. The first-order valence-corrected chi connectivity index (χ1v) is 23.4. The molecule has 0 bridgehead atoms. The van der Waals surface area contributed by atoms with Crippen molar-refractivity contribution in [1.29, 1.82) is 0 Å².